The molecule has 0 heterocycles. The Morgan fingerprint density at radius 1 is 0.448 bits per heavy atom. The van der Waals surface area contributed by atoms with E-state index in [0.717, 1.165) is 0 Å². The van der Waals surface area contributed by atoms with Gasteiger partial charge in [0.15, 0.2) is 13.2 Å². The Labute approximate surface area is 299 Å². The molecule has 0 N–H and O–H groups in total. The number of alkyl halides is 27. The van der Waals surface area contributed by atoms with E-state index in [1.807, 2.05) is 0 Å². The minimum atomic E-state index is -9.92. The van der Waals surface area contributed by atoms with Gasteiger partial charge in [-0.3, -0.25) is 14.2 Å². The number of hydrogen-bond acceptors (Lipinski definition) is 7. The van der Waals surface area contributed by atoms with Crippen molar-refractivity contribution in [3.05, 3.63) is 25.3 Å². The van der Waals surface area contributed by atoms with Gasteiger partial charge in [0, 0.05) is 19.1 Å². The molecule has 0 saturated heterocycles. The molecule has 0 aliphatic heterocycles. The predicted octanol–water partition coefficient (Wildman–Crippen LogP) is 9.02. The van der Waals surface area contributed by atoms with Crippen LogP contribution in [0, 0.1) is 0 Å². The van der Waals surface area contributed by atoms with Crippen molar-refractivity contribution in [2.75, 3.05) is 13.2 Å². The van der Waals surface area contributed by atoms with Crippen LogP contribution in [0.25, 0.3) is 0 Å². The van der Waals surface area contributed by atoms with E-state index in [9.17, 15) is 71.1 Å². The summed E-state index contributed by atoms with van der Waals surface area (Å²) in [5.41, 5.74) is -29.7. The van der Waals surface area contributed by atoms with Crippen LogP contribution in [0.4, 0.5) is 119 Å². The lowest BCUT2D eigenvalue weighted by molar-refractivity contribution is -0.577. The van der Waals surface area contributed by atoms with Crippen molar-refractivity contribution < 1.29 is 152 Å². The quantitative estimate of drug-likeness (QED) is 0.0922. The molecule has 0 aromatic carbocycles. The van der Waals surface area contributed by atoms with Crippen LogP contribution in [0.15, 0.2) is 25.3 Å². The van der Waals surface area contributed by atoms with Gasteiger partial charge in [-0.25, -0.2) is 27.2 Å². The number of rotatable bonds is 15. The van der Waals surface area contributed by atoms with Crippen molar-refractivity contribution in [2.24, 2.45) is 0 Å². The number of esters is 2. The van der Waals surface area contributed by atoms with Crippen LogP contribution in [-0.4, -0.2) is 114 Å². The summed E-state index contributed by atoms with van der Waals surface area (Å²) in [5, 5.41) is 0. The topological polar surface area (TPSA) is 80.3 Å². The fraction of sp³-hybridized carbons (Fsp3) is 0.750. The lowest BCUT2D eigenvalue weighted by atomic mass is 9.60. The van der Waals surface area contributed by atoms with Crippen molar-refractivity contribution in [1.29, 1.82) is 0 Å². The molecule has 5 unspecified atom stereocenters. The molecule has 5 atom stereocenters. The lowest BCUT2D eigenvalue weighted by Gasteiger charge is -2.60. The molecule has 1 rings (SSSR count). The van der Waals surface area contributed by atoms with Crippen LogP contribution in [0.1, 0.15) is 6.92 Å². The maximum atomic E-state index is 16.0. The smallest absolute Gasteiger partial charge is 0.452 e. The van der Waals surface area contributed by atoms with E-state index >= 15 is 57.1 Å². The van der Waals surface area contributed by atoms with Gasteiger partial charge < -0.3 is 9.47 Å². The highest BCUT2D eigenvalue weighted by Gasteiger charge is 3.11. The van der Waals surface area contributed by atoms with Gasteiger partial charge in [-0.15, -0.1) is 0 Å². The first-order valence-electron chi connectivity index (χ1n) is 13.3. The molecular formula is C24H13F27O7. The maximum Gasteiger partial charge on any atom is 0.452 e. The van der Waals surface area contributed by atoms with E-state index in [1.165, 1.54) is 0 Å². The molecule has 0 aromatic rings. The van der Waals surface area contributed by atoms with Crippen LogP contribution in [0.2, 0.25) is 0 Å². The Kier molecular flexibility index (Phi) is 12.9. The van der Waals surface area contributed by atoms with E-state index in [1.54, 1.807) is 14.2 Å². The van der Waals surface area contributed by atoms with E-state index in [2.05, 4.69) is 22.6 Å². The first kappa shape index (κ1) is 52.4. The number of hydrogen-bond donors (Lipinski definition) is 0. The van der Waals surface area contributed by atoms with E-state index in [0.29, 0.717) is 0 Å². The summed E-state index contributed by atoms with van der Waals surface area (Å²) >= 11 is 0. The third-order valence-corrected chi connectivity index (χ3v) is 7.19. The van der Waals surface area contributed by atoms with E-state index in [-0.39, 0.29) is 0 Å². The predicted molar refractivity (Wildman–Crippen MR) is 122 cm³/mol. The molecule has 0 bridgehead atoms. The number of halogens is 27. The van der Waals surface area contributed by atoms with Gasteiger partial charge >= 0.3 is 101 Å². The largest absolute Gasteiger partial charge is 0.456 e. The Morgan fingerprint density at radius 2 is 0.672 bits per heavy atom. The second-order valence-electron chi connectivity index (χ2n) is 11.0. The third-order valence-electron chi connectivity index (χ3n) is 7.19. The minimum Gasteiger partial charge on any atom is -0.456 e. The van der Waals surface area contributed by atoms with Gasteiger partial charge in [0.05, 0.1) is 0 Å². The molecular weight excluding hydrogens is 913 g/mol. The summed E-state index contributed by atoms with van der Waals surface area (Å²) in [4.78, 5) is 22.0. The van der Waals surface area contributed by atoms with Gasteiger partial charge in [0.2, 0.25) is 0 Å². The first-order chi connectivity index (χ1) is 25.0. The Morgan fingerprint density at radius 3 is 0.862 bits per heavy atom. The van der Waals surface area contributed by atoms with Gasteiger partial charge in [0.25, 0.3) is 0 Å². The lowest BCUT2D eigenvalue weighted by Crippen LogP contribution is -2.95. The number of carbonyl (C=O) groups is 2. The summed E-state index contributed by atoms with van der Waals surface area (Å²) in [6.07, 6.45) is -51.3. The molecule has 0 aromatic heterocycles. The number of ether oxygens (including phenoxy) is 5. The molecule has 0 radical (unpaired) electrons. The summed E-state index contributed by atoms with van der Waals surface area (Å²) in [5.74, 6) is -56.1. The molecule has 0 amide bonds. The standard InChI is InChI=1S/C24H13F27O7/c1-4-8(52)54-6-11(26,20(40,41)42)57-23(48,49)14(29)16(31,32)13(28,22(46,47)56-10(3,25)19(37,38)39)17(33,34)15(30,18(14,35)36)24(50,51)58-12(27,21(43,44)45)7-55-9(53)5-2/h4-5H,1-2,6-7H2,3H3. The van der Waals surface area contributed by atoms with Gasteiger partial charge in [-0.05, 0) is 0 Å². The minimum absolute atomic E-state index is 0.403. The number of carbonyl (C=O) groups excluding carboxylic acids is 2. The van der Waals surface area contributed by atoms with E-state index < -0.39 is 133 Å². The van der Waals surface area contributed by atoms with Crippen LogP contribution >= 0.6 is 0 Å². The van der Waals surface area contributed by atoms with Crippen LogP contribution in [0.5, 0.6) is 0 Å². The third kappa shape index (κ3) is 7.23. The van der Waals surface area contributed by atoms with Crippen LogP contribution < -0.4 is 0 Å². The molecule has 1 aliphatic carbocycles. The van der Waals surface area contributed by atoms with Gasteiger partial charge in [0.1, 0.15) is 0 Å². The maximum absolute atomic E-state index is 16.0. The SMILES string of the molecule is C=CC(=O)OCC(F)(OC(F)(F)C1(F)C(F)(F)C(F)(C(F)(F)OC(C)(F)C(F)(F)F)C(F)(F)C(F)(C(F)(F)OC(F)(COC(=O)C=C)C(F)(F)F)C1(F)F)C(F)(F)F. The highest BCUT2D eigenvalue weighted by Crippen LogP contribution is 2.77. The van der Waals surface area contributed by atoms with Crippen LogP contribution in [-0.2, 0) is 33.3 Å². The van der Waals surface area contributed by atoms with Crippen molar-refractivity contribution in [3.63, 3.8) is 0 Å². The average Bonchev–Trinajstić information content (AvgIpc) is 3.00. The molecule has 0 spiro atoms. The molecule has 1 aliphatic rings. The molecule has 1 saturated carbocycles. The molecule has 58 heavy (non-hydrogen) atoms. The summed E-state index contributed by atoms with van der Waals surface area (Å²) < 4.78 is 404. The van der Waals surface area contributed by atoms with Gasteiger partial charge in [-0.2, -0.15) is 101 Å². The Balaban J connectivity index is 4.75. The van der Waals surface area contributed by atoms with Crippen molar-refractivity contribution in [3.8, 4) is 0 Å². The van der Waals surface area contributed by atoms with Crippen LogP contribution in [0.3, 0.4) is 0 Å². The normalized spacial score (nSPS) is 28.6. The average molecular weight is 926 g/mol. The highest BCUT2D eigenvalue weighted by atomic mass is 19.4. The second kappa shape index (κ2) is 14.3. The Hall–Kier alpha value is -3.59. The zero-order chi connectivity index (χ0) is 47.0. The molecule has 34 heteroatoms. The fourth-order valence-electron chi connectivity index (χ4n) is 4.10. The molecule has 1 fully saturated rings. The van der Waals surface area contributed by atoms with Crippen molar-refractivity contribution >= 4 is 11.9 Å². The summed E-state index contributed by atoms with van der Waals surface area (Å²) in [6, 6.07) is 0. The first-order valence-corrected chi connectivity index (χ1v) is 13.3. The summed E-state index contributed by atoms with van der Waals surface area (Å²) in [7, 11) is 0. The second-order valence-corrected chi connectivity index (χ2v) is 11.0. The fourth-order valence-corrected chi connectivity index (χ4v) is 4.10. The molecule has 340 valence electrons. The molecule has 7 nitrogen and oxygen atoms in total. The zero-order valence-corrected chi connectivity index (χ0v) is 26.5. The monoisotopic (exact) mass is 926 g/mol. The summed E-state index contributed by atoms with van der Waals surface area (Å²) in [6.45, 7) is -4.71. The Bertz CT molecular complexity index is 1500. The van der Waals surface area contributed by atoms with Crippen molar-refractivity contribution in [1.82, 2.24) is 0 Å². The van der Waals surface area contributed by atoms with E-state index in [4.69, 9.17) is 0 Å². The zero-order valence-electron chi connectivity index (χ0n) is 26.5. The highest BCUT2D eigenvalue weighted by molar-refractivity contribution is 5.81. The van der Waals surface area contributed by atoms with Crippen molar-refractivity contribution in [2.45, 2.75) is 96.1 Å². The van der Waals surface area contributed by atoms with Gasteiger partial charge in [-0.1, -0.05) is 13.2 Å².